The van der Waals surface area contributed by atoms with E-state index < -0.39 is 0 Å². The van der Waals surface area contributed by atoms with Crippen molar-refractivity contribution in [1.82, 2.24) is 14.8 Å². The fraction of sp³-hybridized carbons (Fsp3) is 0.150. The Morgan fingerprint density at radius 3 is 2.67 bits per heavy atom. The van der Waals surface area contributed by atoms with E-state index >= 15 is 0 Å². The number of aryl methyl sites for hydroxylation is 1. The van der Waals surface area contributed by atoms with Crippen molar-refractivity contribution in [3.63, 3.8) is 0 Å². The summed E-state index contributed by atoms with van der Waals surface area (Å²) in [6.07, 6.45) is 1.70. The summed E-state index contributed by atoms with van der Waals surface area (Å²) in [5, 5.41) is 5.64. The number of benzene rings is 1. The average Bonchev–Trinajstić information content (AvgIpc) is 3.25. The predicted octanol–water partition coefficient (Wildman–Crippen LogP) is 5.22. The maximum absolute atomic E-state index is 13.1. The highest BCUT2D eigenvalue weighted by Crippen LogP contribution is 2.31. The van der Waals surface area contributed by atoms with E-state index in [1.54, 1.807) is 11.1 Å². The number of pyridine rings is 1. The number of amides is 1. The molecule has 4 rings (SSSR count). The number of fused-ring (bicyclic) bond motifs is 1. The van der Waals surface area contributed by atoms with Crippen molar-refractivity contribution in [3.05, 3.63) is 69.8 Å². The zero-order valence-corrected chi connectivity index (χ0v) is 17.3. The van der Waals surface area contributed by atoms with Gasteiger partial charge in [-0.25, -0.2) is 9.67 Å². The number of carbonyl (C=O) groups is 1. The van der Waals surface area contributed by atoms with Crippen molar-refractivity contribution in [2.24, 2.45) is 0 Å². The third-order valence-electron chi connectivity index (χ3n) is 4.31. The molecular formula is C20H17BrN4OS. The highest BCUT2D eigenvalue weighted by molar-refractivity contribution is 9.10. The first kappa shape index (κ1) is 17.9. The standard InChI is InChI=1S/C20H17BrN4OS/c1-3-24(18-10-9-14(21)12-22-18)19(26)17-11-16-13(2)23-25(20(16)27-17)15-7-5-4-6-8-15/h4-12H,3H2,1-2H3. The summed E-state index contributed by atoms with van der Waals surface area (Å²) in [5.74, 6) is 0.595. The second kappa shape index (κ2) is 7.25. The fourth-order valence-electron chi connectivity index (χ4n) is 2.97. The van der Waals surface area contributed by atoms with Gasteiger partial charge < -0.3 is 0 Å². The molecule has 4 aromatic rings. The Morgan fingerprint density at radius 2 is 2.00 bits per heavy atom. The fourth-order valence-corrected chi connectivity index (χ4v) is 4.33. The van der Waals surface area contributed by atoms with Gasteiger partial charge in [-0.15, -0.1) is 11.3 Å². The maximum Gasteiger partial charge on any atom is 0.269 e. The molecule has 0 aliphatic heterocycles. The van der Waals surface area contributed by atoms with Crippen LogP contribution in [0.5, 0.6) is 0 Å². The summed E-state index contributed by atoms with van der Waals surface area (Å²) in [6, 6.07) is 15.6. The van der Waals surface area contributed by atoms with Crippen LogP contribution in [0.1, 0.15) is 22.3 Å². The minimum absolute atomic E-state index is 0.0486. The largest absolute Gasteiger partial charge is 0.292 e. The number of anilines is 1. The molecule has 0 radical (unpaired) electrons. The lowest BCUT2D eigenvalue weighted by Gasteiger charge is -2.19. The molecule has 0 atom stereocenters. The molecule has 0 saturated carbocycles. The normalized spacial score (nSPS) is 11.1. The van der Waals surface area contributed by atoms with Gasteiger partial charge in [-0.3, -0.25) is 9.69 Å². The minimum Gasteiger partial charge on any atom is -0.292 e. The Balaban J connectivity index is 1.75. The zero-order chi connectivity index (χ0) is 19.0. The quantitative estimate of drug-likeness (QED) is 0.436. The van der Waals surface area contributed by atoms with E-state index in [1.165, 1.54) is 11.3 Å². The number of hydrogen-bond acceptors (Lipinski definition) is 4. The third kappa shape index (κ3) is 3.28. The average molecular weight is 441 g/mol. The summed E-state index contributed by atoms with van der Waals surface area (Å²) >= 11 is 4.84. The van der Waals surface area contributed by atoms with Gasteiger partial charge in [0.2, 0.25) is 0 Å². The van der Waals surface area contributed by atoms with Crippen LogP contribution in [0.3, 0.4) is 0 Å². The van der Waals surface area contributed by atoms with E-state index in [0.29, 0.717) is 17.2 Å². The number of aromatic nitrogens is 3. The number of hydrogen-bond donors (Lipinski definition) is 0. The van der Waals surface area contributed by atoms with Gasteiger partial charge in [0, 0.05) is 22.6 Å². The van der Waals surface area contributed by atoms with E-state index in [2.05, 4.69) is 26.0 Å². The molecule has 0 aliphatic carbocycles. The number of nitrogens with zero attached hydrogens (tertiary/aromatic N) is 4. The molecule has 3 aromatic heterocycles. The monoisotopic (exact) mass is 440 g/mol. The molecular weight excluding hydrogens is 424 g/mol. The lowest BCUT2D eigenvalue weighted by atomic mass is 10.3. The van der Waals surface area contributed by atoms with Crippen LogP contribution in [0.4, 0.5) is 5.82 Å². The van der Waals surface area contributed by atoms with Crippen molar-refractivity contribution >= 4 is 49.2 Å². The van der Waals surface area contributed by atoms with Gasteiger partial charge in [-0.2, -0.15) is 5.10 Å². The Bertz CT molecular complexity index is 1100. The molecule has 0 fully saturated rings. The van der Waals surface area contributed by atoms with E-state index in [-0.39, 0.29) is 5.91 Å². The summed E-state index contributed by atoms with van der Waals surface area (Å²) < 4.78 is 2.79. The van der Waals surface area contributed by atoms with Crippen molar-refractivity contribution < 1.29 is 4.79 Å². The van der Waals surface area contributed by atoms with Crippen molar-refractivity contribution in [1.29, 1.82) is 0 Å². The first-order valence-corrected chi connectivity index (χ1v) is 10.2. The van der Waals surface area contributed by atoms with Gasteiger partial charge in [0.1, 0.15) is 10.6 Å². The van der Waals surface area contributed by atoms with Crippen molar-refractivity contribution in [3.8, 4) is 5.69 Å². The van der Waals surface area contributed by atoms with Crippen LogP contribution >= 0.6 is 27.3 Å². The first-order chi connectivity index (χ1) is 13.1. The Kier molecular flexibility index (Phi) is 4.80. The third-order valence-corrected chi connectivity index (χ3v) is 5.87. The zero-order valence-electron chi connectivity index (χ0n) is 14.9. The number of thiophene rings is 1. The van der Waals surface area contributed by atoms with Gasteiger partial charge in [0.05, 0.1) is 16.3 Å². The molecule has 1 aromatic carbocycles. The number of rotatable bonds is 4. The topological polar surface area (TPSA) is 51.0 Å². The number of halogens is 1. The maximum atomic E-state index is 13.1. The molecule has 1 amide bonds. The molecule has 3 heterocycles. The summed E-state index contributed by atoms with van der Waals surface area (Å²) in [5.41, 5.74) is 1.90. The molecule has 0 bridgehead atoms. The second-order valence-corrected chi connectivity index (χ2v) is 7.99. The summed E-state index contributed by atoms with van der Waals surface area (Å²) in [4.78, 5) is 20.9. The Morgan fingerprint density at radius 1 is 1.22 bits per heavy atom. The van der Waals surface area contributed by atoms with Crippen molar-refractivity contribution in [2.75, 3.05) is 11.4 Å². The lowest BCUT2D eigenvalue weighted by molar-refractivity contribution is 0.0991. The molecule has 136 valence electrons. The van der Waals surface area contributed by atoms with Crippen molar-refractivity contribution in [2.45, 2.75) is 13.8 Å². The van der Waals surface area contributed by atoms with E-state index in [4.69, 9.17) is 0 Å². The van der Waals surface area contributed by atoms with Crippen LogP contribution in [0.2, 0.25) is 0 Å². The van der Waals surface area contributed by atoms with E-state index in [1.807, 2.05) is 67.1 Å². The molecule has 0 unspecified atom stereocenters. The molecule has 0 saturated heterocycles. The minimum atomic E-state index is -0.0486. The van der Waals surface area contributed by atoms with Crippen LogP contribution in [0, 0.1) is 6.92 Å². The van der Waals surface area contributed by atoms with E-state index in [9.17, 15) is 4.79 Å². The van der Waals surface area contributed by atoms with Crippen LogP contribution in [-0.4, -0.2) is 27.2 Å². The number of para-hydroxylation sites is 1. The van der Waals surface area contributed by atoms with Crippen LogP contribution in [-0.2, 0) is 0 Å². The molecule has 0 aliphatic rings. The molecule has 27 heavy (non-hydrogen) atoms. The Hall–Kier alpha value is -2.51. The predicted molar refractivity (Wildman–Crippen MR) is 113 cm³/mol. The molecule has 0 N–H and O–H groups in total. The molecule has 0 spiro atoms. The number of carbonyl (C=O) groups excluding carboxylic acids is 1. The highest BCUT2D eigenvalue weighted by Gasteiger charge is 2.22. The SMILES string of the molecule is CCN(C(=O)c1cc2c(C)nn(-c3ccccc3)c2s1)c1ccc(Br)cn1. The van der Waals surface area contributed by atoms with Crippen LogP contribution in [0.25, 0.3) is 15.9 Å². The van der Waals surface area contributed by atoms with Gasteiger partial charge in [-0.05, 0) is 60.1 Å². The van der Waals surface area contributed by atoms with Gasteiger partial charge >= 0.3 is 0 Å². The second-order valence-electron chi connectivity index (χ2n) is 6.05. The summed E-state index contributed by atoms with van der Waals surface area (Å²) in [6.45, 7) is 4.47. The van der Waals surface area contributed by atoms with Crippen LogP contribution < -0.4 is 4.90 Å². The van der Waals surface area contributed by atoms with Gasteiger partial charge in [0.25, 0.3) is 5.91 Å². The van der Waals surface area contributed by atoms with E-state index in [0.717, 1.165) is 26.1 Å². The molecule has 5 nitrogen and oxygen atoms in total. The van der Waals surface area contributed by atoms with Gasteiger partial charge in [-0.1, -0.05) is 18.2 Å². The van der Waals surface area contributed by atoms with Gasteiger partial charge in [0.15, 0.2) is 0 Å². The Labute approximate surface area is 169 Å². The first-order valence-electron chi connectivity index (χ1n) is 8.56. The summed E-state index contributed by atoms with van der Waals surface area (Å²) in [7, 11) is 0. The lowest BCUT2D eigenvalue weighted by Crippen LogP contribution is -2.30. The highest BCUT2D eigenvalue weighted by atomic mass is 79.9. The van der Waals surface area contributed by atoms with Crippen LogP contribution in [0.15, 0.2) is 59.2 Å². The smallest absolute Gasteiger partial charge is 0.269 e. The molecule has 7 heteroatoms.